The average molecular weight is 306 g/mol. The highest BCUT2D eigenvalue weighted by Gasteiger charge is 2.19. The molecule has 2 N–H and O–H groups in total. The lowest BCUT2D eigenvalue weighted by molar-refractivity contribution is -0.135. The van der Waals surface area contributed by atoms with Gasteiger partial charge in [-0.05, 0) is 19.4 Å². The lowest BCUT2D eigenvalue weighted by atomic mass is 10.1. The SMILES string of the molecule is CCOC(=O)C(=N)/C(C=O)=C(/CC)NCc1ccccc1F. The highest BCUT2D eigenvalue weighted by Crippen LogP contribution is 2.11. The molecule has 118 valence electrons. The summed E-state index contributed by atoms with van der Waals surface area (Å²) in [6.07, 6.45) is 0.830. The van der Waals surface area contributed by atoms with Gasteiger partial charge in [0, 0.05) is 17.8 Å². The zero-order valence-corrected chi connectivity index (χ0v) is 12.6. The number of aldehydes is 1. The van der Waals surface area contributed by atoms with Crippen LogP contribution >= 0.6 is 0 Å². The van der Waals surface area contributed by atoms with Gasteiger partial charge in [0.25, 0.3) is 0 Å². The van der Waals surface area contributed by atoms with Crippen molar-refractivity contribution in [1.82, 2.24) is 5.32 Å². The van der Waals surface area contributed by atoms with E-state index in [9.17, 15) is 14.0 Å². The van der Waals surface area contributed by atoms with E-state index < -0.39 is 11.7 Å². The van der Waals surface area contributed by atoms with Gasteiger partial charge in [-0.3, -0.25) is 10.2 Å². The monoisotopic (exact) mass is 306 g/mol. The molecule has 0 radical (unpaired) electrons. The van der Waals surface area contributed by atoms with Crippen LogP contribution in [-0.4, -0.2) is 24.6 Å². The molecule has 0 atom stereocenters. The maximum absolute atomic E-state index is 13.6. The molecule has 0 bridgehead atoms. The summed E-state index contributed by atoms with van der Waals surface area (Å²) >= 11 is 0. The Hall–Kier alpha value is -2.50. The van der Waals surface area contributed by atoms with Crippen molar-refractivity contribution in [2.75, 3.05) is 6.61 Å². The zero-order chi connectivity index (χ0) is 16.5. The Balaban J connectivity index is 2.94. The minimum Gasteiger partial charge on any atom is -0.461 e. The van der Waals surface area contributed by atoms with E-state index in [-0.39, 0.29) is 24.5 Å². The Morgan fingerprint density at radius 3 is 2.59 bits per heavy atom. The van der Waals surface area contributed by atoms with Crippen LogP contribution in [-0.2, 0) is 20.9 Å². The number of hydrogen-bond donors (Lipinski definition) is 2. The summed E-state index contributed by atoms with van der Waals surface area (Å²) in [5.74, 6) is -1.22. The van der Waals surface area contributed by atoms with Crippen LogP contribution in [0.1, 0.15) is 25.8 Å². The van der Waals surface area contributed by atoms with E-state index in [0.717, 1.165) is 0 Å². The molecule has 0 amide bonds. The van der Waals surface area contributed by atoms with Crippen molar-refractivity contribution in [1.29, 1.82) is 5.41 Å². The molecule has 0 aliphatic carbocycles. The van der Waals surface area contributed by atoms with Gasteiger partial charge in [0.05, 0.1) is 12.2 Å². The van der Waals surface area contributed by atoms with Gasteiger partial charge in [-0.1, -0.05) is 25.1 Å². The first kappa shape index (κ1) is 17.6. The first-order valence-electron chi connectivity index (χ1n) is 6.96. The molecule has 5 nitrogen and oxygen atoms in total. The minimum absolute atomic E-state index is 0.0720. The number of rotatable bonds is 8. The molecule has 0 heterocycles. The van der Waals surface area contributed by atoms with E-state index in [1.807, 2.05) is 0 Å². The van der Waals surface area contributed by atoms with Crippen molar-refractivity contribution in [2.45, 2.75) is 26.8 Å². The van der Waals surface area contributed by atoms with Crippen LogP contribution in [0.15, 0.2) is 35.5 Å². The highest BCUT2D eigenvalue weighted by atomic mass is 19.1. The molecule has 0 spiro atoms. The van der Waals surface area contributed by atoms with Gasteiger partial charge in [0.15, 0.2) is 12.0 Å². The number of nitrogens with one attached hydrogen (secondary N) is 2. The number of halogens is 1. The Kier molecular flexibility index (Phi) is 6.95. The quantitative estimate of drug-likeness (QED) is 0.334. The van der Waals surface area contributed by atoms with Gasteiger partial charge < -0.3 is 10.1 Å². The van der Waals surface area contributed by atoms with Crippen molar-refractivity contribution in [3.63, 3.8) is 0 Å². The van der Waals surface area contributed by atoms with Gasteiger partial charge in [-0.15, -0.1) is 0 Å². The maximum atomic E-state index is 13.6. The number of ether oxygens (including phenoxy) is 1. The summed E-state index contributed by atoms with van der Waals surface area (Å²) < 4.78 is 18.3. The zero-order valence-electron chi connectivity index (χ0n) is 12.6. The Morgan fingerprint density at radius 1 is 1.36 bits per heavy atom. The molecule has 0 saturated carbocycles. The number of benzene rings is 1. The van der Waals surface area contributed by atoms with Gasteiger partial charge in [0.1, 0.15) is 5.82 Å². The standard InChI is InChI=1S/C16H19FN2O3/c1-3-14(12(10-20)15(18)16(21)22-4-2)19-9-11-7-5-6-8-13(11)17/h5-8,10,18-19H,3-4,9H2,1-2H3/b14-12-,18-15?. The fourth-order valence-corrected chi connectivity index (χ4v) is 1.85. The van der Waals surface area contributed by atoms with E-state index in [2.05, 4.69) is 5.32 Å². The van der Waals surface area contributed by atoms with Crippen molar-refractivity contribution in [2.24, 2.45) is 0 Å². The summed E-state index contributed by atoms with van der Waals surface area (Å²) in [4.78, 5) is 22.8. The highest BCUT2D eigenvalue weighted by molar-refractivity contribution is 6.46. The van der Waals surface area contributed by atoms with Crippen LogP contribution in [0, 0.1) is 11.2 Å². The number of carbonyl (C=O) groups excluding carboxylic acids is 2. The number of esters is 1. The van der Waals surface area contributed by atoms with E-state index in [0.29, 0.717) is 24.0 Å². The second-order valence-electron chi connectivity index (χ2n) is 4.40. The summed E-state index contributed by atoms with van der Waals surface area (Å²) in [5, 5.41) is 10.7. The molecule has 0 fully saturated rings. The summed E-state index contributed by atoms with van der Waals surface area (Å²) in [6, 6.07) is 6.25. The van der Waals surface area contributed by atoms with Crippen LogP contribution in [0.2, 0.25) is 0 Å². The van der Waals surface area contributed by atoms with Gasteiger partial charge in [-0.2, -0.15) is 0 Å². The first-order valence-corrected chi connectivity index (χ1v) is 6.96. The lowest BCUT2D eigenvalue weighted by Gasteiger charge is -2.13. The Bertz CT molecular complexity index is 597. The normalized spacial score (nSPS) is 11.4. The third-order valence-corrected chi connectivity index (χ3v) is 3.00. The third kappa shape index (κ3) is 4.51. The van der Waals surface area contributed by atoms with Crippen LogP contribution in [0.4, 0.5) is 4.39 Å². The molecular weight excluding hydrogens is 287 g/mol. The molecule has 1 aromatic rings. The molecule has 0 aliphatic rings. The Labute approximate surface area is 128 Å². The molecule has 0 aliphatic heterocycles. The van der Waals surface area contributed by atoms with Crippen molar-refractivity contribution < 1.29 is 18.7 Å². The summed E-state index contributed by atoms with van der Waals surface area (Å²) in [7, 11) is 0. The van der Waals surface area contributed by atoms with Gasteiger partial charge in [-0.25, -0.2) is 9.18 Å². The molecule has 22 heavy (non-hydrogen) atoms. The fraction of sp³-hybridized carbons (Fsp3) is 0.312. The second-order valence-corrected chi connectivity index (χ2v) is 4.40. The molecule has 0 aromatic heterocycles. The molecule has 0 unspecified atom stereocenters. The van der Waals surface area contributed by atoms with E-state index in [1.165, 1.54) is 6.07 Å². The molecular formula is C16H19FN2O3. The van der Waals surface area contributed by atoms with Gasteiger partial charge >= 0.3 is 5.97 Å². The molecule has 1 aromatic carbocycles. The lowest BCUT2D eigenvalue weighted by Crippen LogP contribution is -2.25. The van der Waals surface area contributed by atoms with E-state index in [4.69, 9.17) is 10.1 Å². The smallest absolute Gasteiger partial charge is 0.357 e. The van der Waals surface area contributed by atoms with Crippen molar-refractivity contribution >= 4 is 18.0 Å². The molecule has 1 rings (SSSR count). The first-order chi connectivity index (χ1) is 10.5. The van der Waals surface area contributed by atoms with Crippen LogP contribution in [0.5, 0.6) is 0 Å². The third-order valence-electron chi connectivity index (χ3n) is 3.00. The minimum atomic E-state index is -0.858. The number of carbonyl (C=O) groups is 2. The van der Waals surface area contributed by atoms with Gasteiger partial charge in [0.2, 0.25) is 0 Å². The topological polar surface area (TPSA) is 79.2 Å². The second kappa shape index (κ2) is 8.71. The van der Waals surface area contributed by atoms with E-state index >= 15 is 0 Å². The largest absolute Gasteiger partial charge is 0.461 e. The fourth-order valence-electron chi connectivity index (χ4n) is 1.85. The van der Waals surface area contributed by atoms with E-state index in [1.54, 1.807) is 32.0 Å². The maximum Gasteiger partial charge on any atom is 0.357 e. The van der Waals surface area contributed by atoms with Crippen molar-refractivity contribution in [3.8, 4) is 0 Å². The Morgan fingerprint density at radius 2 is 2.05 bits per heavy atom. The predicted octanol–water partition coefficient (Wildman–Crippen LogP) is 2.36. The number of allylic oxidation sites excluding steroid dienone is 1. The van der Waals surface area contributed by atoms with Crippen molar-refractivity contribution in [3.05, 3.63) is 46.9 Å². The molecule has 6 heteroatoms. The van der Waals surface area contributed by atoms with Crippen LogP contribution in [0.25, 0.3) is 0 Å². The van der Waals surface area contributed by atoms with Crippen LogP contribution < -0.4 is 5.32 Å². The number of hydrogen-bond acceptors (Lipinski definition) is 5. The van der Waals surface area contributed by atoms with Crippen LogP contribution in [0.3, 0.4) is 0 Å². The summed E-state index contributed by atoms with van der Waals surface area (Å²) in [5.41, 5.74) is 0.254. The summed E-state index contributed by atoms with van der Waals surface area (Å²) in [6.45, 7) is 3.67. The molecule has 0 saturated heterocycles. The predicted molar refractivity (Wildman–Crippen MR) is 81.0 cm³/mol. The average Bonchev–Trinajstić information content (AvgIpc) is 2.52.